The molecule has 1 aromatic carbocycles. The van der Waals surface area contributed by atoms with Crippen molar-refractivity contribution in [3.05, 3.63) is 59.7 Å². The number of hydrogen-bond acceptors (Lipinski definition) is 3. The van der Waals surface area contributed by atoms with Crippen molar-refractivity contribution in [2.75, 3.05) is 6.54 Å². The molecular formula is C16H18F3N3. The summed E-state index contributed by atoms with van der Waals surface area (Å²) in [6.45, 7) is 4.85. The molecule has 0 aliphatic heterocycles. The summed E-state index contributed by atoms with van der Waals surface area (Å²) in [7, 11) is 0. The molecule has 0 fully saturated rings. The molecule has 0 aliphatic carbocycles. The summed E-state index contributed by atoms with van der Waals surface area (Å²) in [5, 5.41) is 3.33. The van der Waals surface area contributed by atoms with E-state index in [1.54, 1.807) is 18.6 Å². The molecule has 2 rings (SSSR count). The summed E-state index contributed by atoms with van der Waals surface area (Å²) in [6.07, 6.45) is 0.431. The first-order valence-electron chi connectivity index (χ1n) is 7.04. The first-order chi connectivity index (χ1) is 10.4. The Balaban J connectivity index is 2.28. The first-order valence-corrected chi connectivity index (χ1v) is 7.04. The molecule has 3 nitrogen and oxygen atoms in total. The Morgan fingerprint density at radius 3 is 2.27 bits per heavy atom. The fraction of sp³-hybridized carbons (Fsp3) is 0.375. The lowest BCUT2D eigenvalue weighted by Crippen LogP contribution is -2.27. The normalized spacial score (nSPS) is 13.4. The average Bonchev–Trinajstić information content (AvgIpc) is 2.48. The number of halogens is 3. The number of nitrogens with zero attached hydrogens (tertiary/aromatic N) is 2. The highest BCUT2D eigenvalue weighted by atomic mass is 19.4. The molecular weight excluding hydrogens is 291 g/mol. The van der Waals surface area contributed by atoms with Gasteiger partial charge in [-0.25, -0.2) is 0 Å². The minimum atomic E-state index is -4.33. The van der Waals surface area contributed by atoms with Crippen LogP contribution < -0.4 is 5.32 Å². The van der Waals surface area contributed by atoms with Gasteiger partial charge in [-0.2, -0.15) is 13.2 Å². The summed E-state index contributed by atoms with van der Waals surface area (Å²) >= 11 is 0. The summed E-state index contributed by atoms with van der Waals surface area (Å²) < 4.78 is 38.0. The van der Waals surface area contributed by atoms with Gasteiger partial charge < -0.3 is 5.32 Å². The predicted octanol–water partition coefficient (Wildman–Crippen LogP) is 3.83. The molecule has 118 valence electrons. The maximum Gasteiger partial charge on any atom is 0.416 e. The van der Waals surface area contributed by atoms with E-state index in [4.69, 9.17) is 0 Å². The van der Waals surface area contributed by atoms with Crippen LogP contribution in [0.2, 0.25) is 0 Å². The number of benzene rings is 1. The molecule has 0 saturated heterocycles. The fourth-order valence-corrected chi connectivity index (χ4v) is 2.07. The zero-order valence-corrected chi connectivity index (χ0v) is 12.4. The Morgan fingerprint density at radius 2 is 1.77 bits per heavy atom. The topological polar surface area (TPSA) is 37.8 Å². The van der Waals surface area contributed by atoms with Crippen LogP contribution in [0.25, 0.3) is 0 Å². The lowest BCUT2D eigenvalue weighted by molar-refractivity contribution is -0.137. The zero-order chi connectivity index (χ0) is 16.2. The van der Waals surface area contributed by atoms with Crippen LogP contribution in [-0.2, 0) is 6.18 Å². The number of hydrogen-bond donors (Lipinski definition) is 1. The Kier molecular flexibility index (Phi) is 5.13. The van der Waals surface area contributed by atoms with Crippen molar-refractivity contribution < 1.29 is 13.2 Å². The van der Waals surface area contributed by atoms with Crippen molar-refractivity contribution in [3.63, 3.8) is 0 Å². The largest absolute Gasteiger partial charge is 0.416 e. The van der Waals surface area contributed by atoms with Crippen LogP contribution in [-0.4, -0.2) is 16.5 Å². The molecule has 0 amide bonds. The molecule has 1 unspecified atom stereocenters. The van der Waals surface area contributed by atoms with Crippen molar-refractivity contribution >= 4 is 0 Å². The minimum Gasteiger partial charge on any atom is -0.305 e. The monoisotopic (exact) mass is 309 g/mol. The fourth-order valence-electron chi connectivity index (χ4n) is 2.07. The third kappa shape index (κ3) is 4.27. The van der Waals surface area contributed by atoms with Gasteiger partial charge in [-0.05, 0) is 30.2 Å². The van der Waals surface area contributed by atoms with Crippen LogP contribution in [0.1, 0.15) is 36.7 Å². The molecule has 1 heterocycles. The lowest BCUT2D eigenvalue weighted by Gasteiger charge is -2.20. The van der Waals surface area contributed by atoms with Gasteiger partial charge in [0.1, 0.15) is 0 Å². The van der Waals surface area contributed by atoms with Gasteiger partial charge in [0, 0.05) is 12.4 Å². The second-order valence-electron chi connectivity index (χ2n) is 5.49. The van der Waals surface area contributed by atoms with Crippen molar-refractivity contribution in [2.45, 2.75) is 26.1 Å². The molecule has 0 spiro atoms. The SMILES string of the molecule is CC(C)CNC(c1ccc(C(F)(F)F)cc1)c1cnccn1. The number of aromatic nitrogens is 2. The van der Waals surface area contributed by atoms with E-state index in [9.17, 15) is 13.2 Å². The van der Waals surface area contributed by atoms with Crippen molar-refractivity contribution in [2.24, 2.45) is 5.92 Å². The number of nitrogens with one attached hydrogen (secondary N) is 1. The van der Waals surface area contributed by atoms with Crippen molar-refractivity contribution in [1.29, 1.82) is 0 Å². The summed E-state index contributed by atoms with van der Waals surface area (Å²) in [5.74, 6) is 0.411. The highest BCUT2D eigenvalue weighted by Gasteiger charge is 2.30. The summed E-state index contributed by atoms with van der Waals surface area (Å²) in [4.78, 5) is 8.29. The van der Waals surface area contributed by atoms with Crippen LogP contribution in [0.15, 0.2) is 42.9 Å². The highest BCUT2D eigenvalue weighted by Crippen LogP contribution is 2.30. The van der Waals surface area contributed by atoms with E-state index < -0.39 is 11.7 Å². The maximum absolute atomic E-state index is 12.7. The van der Waals surface area contributed by atoms with Gasteiger partial charge in [0.05, 0.1) is 23.5 Å². The number of alkyl halides is 3. The van der Waals surface area contributed by atoms with Gasteiger partial charge in [0.25, 0.3) is 0 Å². The Morgan fingerprint density at radius 1 is 1.09 bits per heavy atom. The second-order valence-corrected chi connectivity index (χ2v) is 5.49. The van der Waals surface area contributed by atoms with E-state index >= 15 is 0 Å². The van der Waals surface area contributed by atoms with E-state index in [1.165, 1.54) is 12.1 Å². The van der Waals surface area contributed by atoms with Gasteiger partial charge in [-0.15, -0.1) is 0 Å². The van der Waals surface area contributed by atoms with Gasteiger partial charge in [0.15, 0.2) is 0 Å². The van der Waals surface area contributed by atoms with E-state index in [2.05, 4.69) is 29.1 Å². The third-order valence-corrected chi connectivity index (χ3v) is 3.18. The van der Waals surface area contributed by atoms with E-state index in [0.29, 0.717) is 11.6 Å². The smallest absolute Gasteiger partial charge is 0.305 e. The molecule has 0 aliphatic rings. The summed E-state index contributed by atoms with van der Waals surface area (Å²) in [6, 6.07) is 4.87. The molecule has 6 heteroatoms. The molecule has 2 aromatic rings. The molecule has 0 radical (unpaired) electrons. The van der Waals surface area contributed by atoms with E-state index in [1.807, 2.05) is 0 Å². The first kappa shape index (κ1) is 16.4. The average molecular weight is 309 g/mol. The lowest BCUT2D eigenvalue weighted by atomic mass is 10.0. The van der Waals surface area contributed by atoms with Crippen LogP contribution in [0.3, 0.4) is 0 Å². The van der Waals surface area contributed by atoms with Crippen molar-refractivity contribution in [1.82, 2.24) is 15.3 Å². The Labute approximate surface area is 127 Å². The molecule has 0 saturated carbocycles. The van der Waals surface area contributed by atoms with E-state index in [-0.39, 0.29) is 6.04 Å². The third-order valence-electron chi connectivity index (χ3n) is 3.18. The Bertz CT molecular complexity index is 580. The molecule has 1 N–H and O–H groups in total. The predicted molar refractivity (Wildman–Crippen MR) is 78.2 cm³/mol. The van der Waals surface area contributed by atoms with Crippen molar-refractivity contribution in [3.8, 4) is 0 Å². The van der Waals surface area contributed by atoms with E-state index in [0.717, 1.165) is 24.2 Å². The highest BCUT2D eigenvalue weighted by molar-refractivity contribution is 5.31. The Hall–Kier alpha value is -1.95. The van der Waals surface area contributed by atoms with Gasteiger partial charge in [0.2, 0.25) is 0 Å². The molecule has 0 bridgehead atoms. The van der Waals surface area contributed by atoms with Crippen LogP contribution in [0.5, 0.6) is 0 Å². The quantitative estimate of drug-likeness (QED) is 0.912. The zero-order valence-electron chi connectivity index (χ0n) is 12.4. The van der Waals surface area contributed by atoms with Crippen LogP contribution in [0, 0.1) is 5.92 Å². The standard InChI is InChI=1S/C16H18F3N3/c1-11(2)9-22-15(14-10-20-7-8-21-14)12-3-5-13(6-4-12)16(17,18)19/h3-8,10-11,15,22H,9H2,1-2H3. The minimum absolute atomic E-state index is 0.279. The van der Waals surface area contributed by atoms with Gasteiger partial charge in [-0.3, -0.25) is 9.97 Å². The molecule has 1 aromatic heterocycles. The van der Waals surface area contributed by atoms with Crippen LogP contribution >= 0.6 is 0 Å². The molecule has 1 atom stereocenters. The van der Waals surface area contributed by atoms with Gasteiger partial charge in [-0.1, -0.05) is 26.0 Å². The maximum atomic E-state index is 12.7. The molecule has 22 heavy (non-hydrogen) atoms. The second kappa shape index (κ2) is 6.87. The van der Waals surface area contributed by atoms with Crippen LogP contribution in [0.4, 0.5) is 13.2 Å². The number of rotatable bonds is 5. The summed E-state index contributed by atoms with van der Waals surface area (Å²) in [5.41, 5.74) is 0.759. The van der Waals surface area contributed by atoms with Gasteiger partial charge >= 0.3 is 6.18 Å².